The Kier molecular flexibility index (Phi) is 11.4. The van der Waals surface area contributed by atoms with E-state index in [0.717, 1.165) is 32.6 Å². The SMILES string of the molecule is CN(C)C=O.COc1ccc(NC(=O)CCN2CCN(CC(=O)N(C)C)CC2)cn1. The maximum absolute atomic E-state index is 12.0. The van der Waals surface area contributed by atoms with Crippen LogP contribution in [0.25, 0.3) is 0 Å². The van der Waals surface area contributed by atoms with Crippen LogP contribution < -0.4 is 10.1 Å². The number of hydrogen-bond acceptors (Lipinski definition) is 7. The van der Waals surface area contributed by atoms with Crippen LogP contribution in [-0.4, -0.2) is 117 Å². The Bertz CT molecular complexity index is 658. The van der Waals surface area contributed by atoms with E-state index in [2.05, 4.69) is 20.1 Å². The van der Waals surface area contributed by atoms with Crippen molar-refractivity contribution in [3.8, 4) is 5.88 Å². The molecular weight excluding hydrogens is 388 g/mol. The molecule has 30 heavy (non-hydrogen) atoms. The molecule has 0 radical (unpaired) electrons. The number of amides is 3. The molecular formula is C20H34N6O4. The van der Waals surface area contributed by atoms with Gasteiger partial charge in [-0.2, -0.15) is 0 Å². The van der Waals surface area contributed by atoms with Gasteiger partial charge in [-0.05, 0) is 6.07 Å². The van der Waals surface area contributed by atoms with Gasteiger partial charge in [0.05, 0.1) is 25.5 Å². The summed E-state index contributed by atoms with van der Waals surface area (Å²) in [4.78, 5) is 44.7. The average Bonchev–Trinajstić information content (AvgIpc) is 2.74. The van der Waals surface area contributed by atoms with Gasteiger partial charge in [0.15, 0.2) is 0 Å². The number of hydrogen-bond donors (Lipinski definition) is 1. The number of methoxy groups -OCH3 is 1. The largest absolute Gasteiger partial charge is 0.481 e. The summed E-state index contributed by atoms with van der Waals surface area (Å²) in [6.07, 6.45) is 2.76. The molecule has 168 valence electrons. The van der Waals surface area contributed by atoms with E-state index in [0.29, 0.717) is 31.1 Å². The summed E-state index contributed by atoms with van der Waals surface area (Å²) in [5.41, 5.74) is 0.665. The molecule has 1 aromatic rings. The van der Waals surface area contributed by atoms with Gasteiger partial charge in [0.25, 0.3) is 0 Å². The summed E-state index contributed by atoms with van der Waals surface area (Å²) in [5.74, 6) is 0.613. The van der Waals surface area contributed by atoms with Crippen LogP contribution in [0, 0.1) is 0 Å². The zero-order valence-corrected chi connectivity index (χ0v) is 18.6. The maximum Gasteiger partial charge on any atom is 0.236 e. The van der Waals surface area contributed by atoms with Gasteiger partial charge < -0.3 is 24.8 Å². The first kappa shape index (κ1) is 25.3. The molecule has 1 fully saturated rings. The van der Waals surface area contributed by atoms with Crippen LogP contribution in [0.1, 0.15) is 6.42 Å². The Hall–Kier alpha value is -2.72. The normalized spacial score (nSPS) is 14.2. The van der Waals surface area contributed by atoms with Crippen LogP contribution in [0.4, 0.5) is 5.69 Å². The van der Waals surface area contributed by atoms with Gasteiger partial charge in [-0.3, -0.25) is 19.3 Å². The highest BCUT2D eigenvalue weighted by molar-refractivity contribution is 5.90. The first-order valence-corrected chi connectivity index (χ1v) is 9.81. The van der Waals surface area contributed by atoms with Gasteiger partial charge in [-0.15, -0.1) is 0 Å². The van der Waals surface area contributed by atoms with E-state index >= 15 is 0 Å². The lowest BCUT2D eigenvalue weighted by atomic mass is 10.2. The van der Waals surface area contributed by atoms with Crippen molar-refractivity contribution < 1.29 is 19.1 Å². The first-order chi connectivity index (χ1) is 14.2. The molecule has 1 aliphatic rings. The van der Waals surface area contributed by atoms with Crippen LogP contribution in [0.15, 0.2) is 18.3 Å². The lowest BCUT2D eigenvalue weighted by molar-refractivity contribution is -0.130. The zero-order chi connectivity index (χ0) is 22.5. The summed E-state index contributed by atoms with van der Waals surface area (Å²) >= 11 is 0. The maximum atomic E-state index is 12.0. The van der Waals surface area contributed by atoms with Crippen molar-refractivity contribution in [2.45, 2.75) is 6.42 Å². The summed E-state index contributed by atoms with van der Waals surface area (Å²) in [7, 11) is 8.47. The second-order valence-corrected chi connectivity index (χ2v) is 7.36. The lowest BCUT2D eigenvalue weighted by Crippen LogP contribution is -2.49. The third-order valence-electron chi connectivity index (χ3n) is 4.42. The van der Waals surface area contributed by atoms with E-state index in [4.69, 9.17) is 4.74 Å². The molecule has 10 heteroatoms. The third-order valence-corrected chi connectivity index (χ3v) is 4.42. The monoisotopic (exact) mass is 422 g/mol. The molecule has 0 bridgehead atoms. The Morgan fingerprint density at radius 2 is 1.73 bits per heavy atom. The fraction of sp³-hybridized carbons (Fsp3) is 0.600. The number of rotatable bonds is 8. The molecule has 1 saturated heterocycles. The molecule has 0 aromatic carbocycles. The fourth-order valence-electron chi connectivity index (χ4n) is 2.56. The number of pyridine rings is 1. The number of anilines is 1. The minimum Gasteiger partial charge on any atom is -0.481 e. The van der Waals surface area contributed by atoms with E-state index in [-0.39, 0.29) is 11.8 Å². The number of nitrogens with zero attached hydrogens (tertiary/aromatic N) is 5. The molecule has 2 rings (SSSR count). The van der Waals surface area contributed by atoms with Crippen LogP contribution in [0.2, 0.25) is 0 Å². The zero-order valence-electron chi connectivity index (χ0n) is 18.6. The van der Waals surface area contributed by atoms with Crippen LogP contribution >= 0.6 is 0 Å². The van der Waals surface area contributed by atoms with Crippen molar-refractivity contribution >= 4 is 23.9 Å². The highest BCUT2D eigenvalue weighted by atomic mass is 16.5. The van der Waals surface area contributed by atoms with Gasteiger partial charge in [0, 0.05) is 73.4 Å². The highest BCUT2D eigenvalue weighted by Gasteiger charge is 2.19. The molecule has 1 N–H and O–H groups in total. The Labute approximate surface area is 178 Å². The van der Waals surface area contributed by atoms with Crippen molar-refractivity contribution in [3.05, 3.63) is 18.3 Å². The molecule has 0 aliphatic carbocycles. The average molecular weight is 423 g/mol. The van der Waals surface area contributed by atoms with E-state index < -0.39 is 0 Å². The summed E-state index contributed by atoms with van der Waals surface area (Å²) < 4.78 is 4.99. The quantitative estimate of drug-likeness (QED) is 0.581. The molecule has 0 spiro atoms. The lowest BCUT2D eigenvalue weighted by Gasteiger charge is -2.34. The predicted molar refractivity (Wildman–Crippen MR) is 115 cm³/mol. The van der Waals surface area contributed by atoms with Gasteiger partial charge in [-0.25, -0.2) is 4.98 Å². The van der Waals surface area contributed by atoms with Crippen molar-refractivity contribution in [3.63, 3.8) is 0 Å². The second-order valence-electron chi connectivity index (χ2n) is 7.36. The molecule has 0 unspecified atom stereocenters. The summed E-state index contributed by atoms with van der Waals surface area (Å²) in [5, 5.41) is 2.84. The first-order valence-electron chi connectivity index (χ1n) is 9.81. The van der Waals surface area contributed by atoms with Crippen molar-refractivity contribution in [2.24, 2.45) is 0 Å². The minimum atomic E-state index is -0.0304. The van der Waals surface area contributed by atoms with E-state index in [1.165, 1.54) is 4.90 Å². The van der Waals surface area contributed by atoms with Crippen molar-refractivity contribution in [1.29, 1.82) is 0 Å². The number of carbonyl (C=O) groups excluding carboxylic acids is 3. The third kappa shape index (κ3) is 10.2. The Balaban J connectivity index is 0.000000804. The molecule has 2 heterocycles. The van der Waals surface area contributed by atoms with Gasteiger partial charge in [-0.1, -0.05) is 0 Å². The number of ether oxygens (including phenoxy) is 1. The van der Waals surface area contributed by atoms with Gasteiger partial charge in [0.1, 0.15) is 0 Å². The van der Waals surface area contributed by atoms with Crippen LogP contribution in [0.3, 0.4) is 0 Å². The standard InChI is InChI=1S/C17H27N5O3.C3H7NO/c1-20(2)17(24)13-22-10-8-21(9-11-22)7-6-15(23)19-14-4-5-16(25-3)18-12-14;1-4(2)3-5/h4-5,12H,6-11,13H2,1-3H3,(H,19,23);3H,1-2H3. The predicted octanol–water partition coefficient (Wildman–Crippen LogP) is -0.171. The molecule has 1 aliphatic heterocycles. The molecule has 0 atom stereocenters. The molecule has 10 nitrogen and oxygen atoms in total. The van der Waals surface area contributed by atoms with Crippen LogP contribution in [-0.2, 0) is 14.4 Å². The van der Waals surface area contributed by atoms with Crippen molar-refractivity contribution in [1.82, 2.24) is 24.6 Å². The van der Waals surface area contributed by atoms with E-state index in [1.54, 1.807) is 58.5 Å². The smallest absolute Gasteiger partial charge is 0.236 e. The number of carbonyl (C=O) groups is 3. The van der Waals surface area contributed by atoms with Gasteiger partial charge >= 0.3 is 0 Å². The van der Waals surface area contributed by atoms with Crippen LogP contribution in [0.5, 0.6) is 5.88 Å². The minimum absolute atomic E-state index is 0.0304. The number of piperazine rings is 1. The van der Waals surface area contributed by atoms with E-state index in [1.807, 2.05) is 0 Å². The Morgan fingerprint density at radius 1 is 1.13 bits per heavy atom. The fourth-order valence-corrected chi connectivity index (χ4v) is 2.56. The van der Waals surface area contributed by atoms with Gasteiger partial charge in [0.2, 0.25) is 24.1 Å². The molecule has 3 amide bonds. The van der Waals surface area contributed by atoms with E-state index in [9.17, 15) is 14.4 Å². The molecule has 1 aromatic heterocycles. The second kappa shape index (κ2) is 13.5. The summed E-state index contributed by atoms with van der Waals surface area (Å²) in [6.45, 7) is 4.63. The number of aromatic nitrogens is 1. The highest BCUT2D eigenvalue weighted by Crippen LogP contribution is 2.11. The van der Waals surface area contributed by atoms with Crippen molar-refractivity contribution in [2.75, 3.05) is 79.9 Å². The number of nitrogens with one attached hydrogen (secondary N) is 1. The molecule has 0 saturated carbocycles. The summed E-state index contributed by atoms with van der Waals surface area (Å²) in [6, 6.07) is 3.48. The Morgan fingerprint density at radius 3 is 2.20 bits per heavy atom. The topological polar surface area (TPSA) is 98.3 Å². The number of likely N-dealkylation sites (N-methyl/N-ethyl adjacent to an activating group) is 1.